The molecular formula is C14H21NO2. The molecule has 1 atom stereocenters. The molecule has 1 aromatic carbocycles. The summed E-state index contributed by atoms with van der Waals surface area (Å²) in [6.07, 6.45) is -0.473. The van der Waals surface area contributed by atoms with Crippen molar-refractivity contribution in [3.63, 3.8) is 0 Å². The predicted octanol–water partition coefficient (Wildman–Crippen LogP) is 2.60. The average Bonchev–Trinajstić information content (AvgIpc) is 2.22. The van der Waals surface area contributed by atoms with Crippen LogP contribution < -0.4 is 10.1 Å². The van der Waals surface area contributed by atoms with E-state index in [0.29, 0.717) is 0 Å². The molecular weight excluding hydrogens is 214 g/mol. The zero-order chi connectivity index (χ0) is 13.0. The first kappa shape index (κ1) is 13.6. The van der Waals surface area contributed by atoms with Crippen molar-refractivity contribution in [1.29, 1.82) is 0 Å². The van der Waals surface area contributed by atoms with Crippen LogP contribution in [0.3, 0.4) is 0 Å². The first-order chi connectivity index (χ1) is 7.90. The molecule has 0 aliphatic rings. The van der Waals surface area contributed by atoms with Crippen LogP contribution in [-0.4, -0.2) is 18.1 Å². The van der Waals surface area contributed by atoms with E-state index in [4.69, 9.17) is 4.74 Å². The minimum atomic E-state index is -0.473. The van der Waals surface area contributed by atoms with E-state index < -0.39 is 6.10 Å². The van der Waals surface area contributed by atoms with E-state index in [-0.39, 0.29) is 11.9 Å². The van der Waals surface area contributed by atoms with Gasteiger partial charge in [0.2, 0.25) is 0 Å². The topological polar surface area (TPSA) is 38.3 Å². The van der Waals surface area contributed by atoms with Gasteiger partial charge in [0.1, 0.15) is 5.75 Å². The van der Waals surface area contributed by atoms with E-state index >= 15 is 0 Å². The second kappa shape index (κ2) is 5.71. The summed E-state index contributed by atoms with van der Waals surface area (Å²) in [4.78, 5) is 11.7. The molecule has 0 radical (unpaired) electrons. The highest BCUT2D eigenvalue weighted by molar-refractivity contribution is 5.80. The third-order valence-electron chi connectivity index (χ3n) is 2.59. The molecule has 1 unspecified atom stereocenters. The Balaban J connectivity index is 2.64. The third kappa shape index (κ3) is 4.10. The van der Waals surface area contributed by atoms with Crippen LogP contribution >= 0.6 is 0 Å². The molecule has 0 saturated carbocycles. The van der Waals surface area contributed by atoms with Crippen LogP contribution in [0.1, 0.15) is 31.9 Å². The summed E-state index contributed by atoms with van der Waals surface area (Å²) >= 11 is 0. The minimum Gasteiger partial charge on any atom is -0.481 e. The van der Waals surface area contributed by atoms with Crippen molar-refractivity contribution in [1.82, 2.24) is 5.32 Å². The summed E-state index contributed by atoms with van der Waals surface area (Å²) in [5.74, 6) is 0.651. The molecule has 0 aliphatic carbocycles. The summed E-state index contributed by atoms with van der Waals surface area (Å²) in [6, 6.07) is 5.97. The van der Waals surface area contributed by atoms with Gasteiger partial charge in [-0.1, -0.05) is 6.07 Å². The van der Waals surface area contributed by atoms with Crippen molar-refractivity contribution in [2.45, 2.75) is 46.8 Å². The van der Waals surface area contributed by atoms with Gasteiger partial charge in [-0.15, -0.1) is 0 Å². The van der Waals surface area contributed by atoms with E-state index in [9.17, 15) is 4.79 Å². The van der Waals surface area contributed by atoms with Crippen LogP contribution in [0, 0.1) is 13.8 Å². The number of amides is 1. The van der Waals surface area contributed by atoms with Gasteiger partial charge in [0.05, 0.1) is 0 Å². The summed E-state index contributed by atoms with van der Waals surface area (Å²) < 4.78 is 5.60. The standard InChI is InChI=1S/C14H21NO2/c1-9(2)15-14(16)12(5)17-13-7-6-10(3)11(4)8-13/h6-9,12H,1-5H3,(H,15,16). The van der Waals surface area contributed by atoms with Crippen molar-refractivity contribution in [2.24, 2.45) is 0 Å². The van der Waals surface area contributed by atoms with Crippen molar-refractivity contribution in [2.75, 3.05) is 0 Å². The maximum atomic E-state index is 11.7. The lowest BCUT2D eigenvalue weighted by Crippen LogP contribution is -2.40. The first-order valence-electron chi connectivity index (χ1n) is 5.94. The summed E-state index contributed by atoms with van der Waals surface area (Å²) in [5, 5.41) is 2.82. The lowest BCUT2D eigenvalue weighted by atomic mass is 10.1. The van der Waals surface area contributed by atoms with Gasteiger partial charge in [0.15, 0.2) is 6.10 Å². The molecule has 94 valence electrons. The smallest absolute Gasteiger partial charge is 0.260 e. The van der Waals surface area contributed by atoms with Gasteiger partial charge in [0.25, 0.3) is 5.91 Å². The minimum absolute atomic E-state index is 0.0850. The molecule has 3 nitrogen and oxygen atoms in total. The zero-order valence-corrected chi connectivity index (χ0v) is 11.2. The van der Waals surface area contributed by atoms with Crippen LogP contribution in [0.25, 0.3) is 0 Å². The van der Waals surface area contributed by atoms with Crippen molar-refractivity contribution >= 4 is 5.91 Å². The second-order valence-electron chi connectivity index (χ2n) is 4.67. The van der Waals surface area contributed by atoms with Crippen LogP contribution in [-0.2, 0) is 4.79 Å². The average molecular weight is 235 g/mol. The number of carbonyl (C=O) groups is 1. The number of rotatable bonds is 4. The largest absolute Gasteiger partial charge is 0.481 e. The molecule has 1 rings (SSSR count). The number of ether oxygens (including phenoxy) is 1. The molecule has 0 fully saturated rings. The highest BCUT2D eigenvalue weighted by atomic mass is 16.5. The normalized spacial score (nSPS) is 12.4. The Labute approximate surface area is 103 Å². The van der Waals surface area contributed by atoms with Gasteiger partial charge in [-0.25, -0.2) is 0 Å². The van der Waals surface area contributed by atoms with Crippen LogP contribution in [0.15, 0.2) is 18.2 Å². The van der Waals surface area contributed by atoms with Crippen molar-refractivity contribution in [3.05, 3.63) is 29.3 Å². The maximum absolute atomic E-state index is 11.7. The summed E-state index contributed by atoms with van der Waals surface area (Å²) in [7, 11) is 0. The molecule has 0 saturated heterocycles. The fourth-order valence-corrected chi connectivity index (χ4v) is 1.45. The highest BCUT2D eigenvalue weighted by Crippen LogP contribution is 2.17. The number of hydrogen-bond acceptors (Lipinski definition) is 2. The number of benzene rings is 1. The molecule has 0 aliphatic heterocycles. The van der Waals surface area contributed by atoms with E-state index in [2.05, 4.69) is 5.32 Å². The van der Waals surface area contributed by atoms with Crippen LogP contribution in [0.5, 0.6) is 5.75 Å². The Morgan fingerprint density at radius 2 is 1.82 bits per heavy atom. The van der Waals surface area contributed by atoms with Gasteiger partial charge >= 0.3 is 0 Å². The van der Waals surface area contributed by atoms with E-state index in [0.717, 1.165) is 5.75 Å². The number of nitrogens with one attached hydrogen (secondary N) is 1. The van der Waals surface area contributed by atoms with Gasteiger partial charge in [0, 0.05) is 6.04 Å². The fourth-order valence-electron chi connectivity index (χ4n) is 1.45. The van der Waals surface area contributed by atoms with E-state index in [1.54, 1.807) is 6.92 Å². The number of hydrogen-bond donors (Lipinski definition) is 1. The molecule has 1 aromatic rings. The molecule has 0 spiro atoms. The summed E-state index contributed by atoms with van der Waals surface area (Å²) in [6.45, 7) is 9.70. The van der Waals surface area contributed by atoms with Crippen LogP contribution in [0.2, 0.25) is 0 Å². The molecule has 0 aromatic heterocycles. The summed E-state index contributed by atoms with van der Waals surface area (Å²) in [5.41, 5.74) is 2.38. The molecule has 1 amide bonds. The Hall–Kier alpha value is -1.51. The molecule has 17 heavy (non-hydrogen) atoms. The maximum Gasteiger partial charge on any atom is 0.260 e. The Kier molecular flexibility index (Phi) is 4.55. The third-order valence-corrected chi connectivity index (χ3v) is 2.59. The highest BCUT2D eigenvalue weighted by Gasteiger charge is 2.15. The Bertz CT molecular complexity index is 399. The molecule has 3 heteroatoms. The van der Waals surface area contributed by atoms with E-state index in [1.807, 2.05) is 45.9 Å². The number of carbonyl (C=O) groups excluding carboxylic acids is 1. The molecule has 0 bridgehead atoms. The fraction of sp³-hybridized carbons (Fsp3) is 0.500. The predicted molar refractivity (Wildman–Crippen MR) is 69.3 cm³/mol. The molecule has 1 N–H and O–H groups in total. The van der Waals surface area contributed by atoms with Gasteiger partial charge in [-0.3, -0.25) is 4.79 Å². The van der Waals surface area contributed by atoms with Crippen molar-refractivity contribution < 1.29 is 9.53 Å². The SMILES string of the molecule is Cc1ccc(OC(C)C(=O)NC(C)C)cc1C. The second-order valence-corrected chi connectivity index (χ2v) is 4.67. The van der Waals surface area contributed by atoms with Crippen molar-refractivity contribution in [3.8, 4) is 5.75 Å². The Morgan fingerprint density at radius 3 is 2.35 bits per heavy atom. The quantitative estimate of drug-likeness (QED) is 0.871. The van der Waals surface area contributed by atoms with Gasteiger partial charge < -0.3 is 10.1 Å². The zero-order valence-electron chi connectivity index (χ0n) is 11.2. The lowest BCUT2D eigenvalue weighted by Gasteiger charge is -2.17. The molecule has 0 heterocycles. The van der Waals surface area contributed by atoms with Gasteiger partial charge in [-0.05, 0) is 57.9 Å². The Morgan fingerprint density at radius 1 is 1.18 bits per heavy atom. The number of aryl methyl sites for hydroxylation is 2. The lowest BCUT2D eigenvalue weighted by molar-refractivity contribution is -0.127. The van der Waals surface area contributed by atoms with Gasteiger partial charge in [-0.2, -0.15) is 0 Å². The first-order valence-corrected chi connectivity index (χ1v) is 5.94. The van der Waals surface area contributed by atoms with E-state index in [1.165, 1.54) is 11.1 Å². The van der Waals surface area contributed by atoms with Crippen LogP contribution in [0.4, 0.5) is 0 Å². The monoisotopic (exact) mass is 235 g/mol.